The zero-order valence-electron chi connectivity index (χ0n) is 25.0. The number of ether oxygens (including phenoxy) is 1. The smallest absolute Gasteiger partial charge is 0.333 e. The standard InChI is InChI=1S/C32H51NO6/c1-19-20-11-15-31(4)25(29(20,2)14-12-24(19)39-26(35)18-23(34)27(36)37)10-9-21-22-8-7-13-32(22,28(38)33(5)6)17-16-30(21,31)3/h19-25,34H,7-18H2,1-6H3,(H,36,37)/t19?,20?,21?,22-,23?,24?,25?,29?,30-,31?,32?/m1/s1. The minimum atomic E-state index is -1.71. The van der Waals surface area contributed by atoms with Crippen LogP contribution in [0, 0.1) is 51.2 Å². The van der Waals surface area contributed by atoms with Crippen molar-refractivity contribution in [3.05, 3.63) is 0 Å². The lowest BCUT2D eigenvalue weighted by molar-refractivity contribution is -0.235. The molecule has 5 aliphatic carbocycles. The molecule has 0 radical (unpaired) electrons. The maximum absolute atomic E-state index is 13.6. The number of hydrogen-bond acceptors (Lipinski definition) is 5. The Balaban J connectivity index is 1.36. The average molecular weight is 546 g/mol. The van der Waals surface area contributed by atoms with E-state index in [4.69, 9.17) is 9.84 Å². The fourth-order valence-corrected chi connectivity index (χ4v) is 11.6. The van der Waals surface area contributed by atoms with Crippen molar-refractivity contribution in [1.29, 1.82) is 0 Å². The SMILES string of the molecule is CC1C(OC(=O)CC(O)C(=O)O)CCC2(C)C1CCC1(C)C2CCC2[C@H]3CCCC3(C(=O)N(C)C)CC[C@]21C. The van der Waals surface area contributed by atoms with Crippen molar-refractivity contribution < 1.29 is 29.3 Å². The third-order valence-corrected chi connectivity index (χ3v) is 13.6. The van der Waals surface area contributed by atoms with E-state index in [9.17, 15) is 19.5 Å². The molecule has 9 unspecified atom stereocenters. The highest BCUT2D eigenvalue weighted by Gasteiger charge is 2.70. The van der Waals surface area contributed by atoms with Crippen LogP contribution in [0.15, 0.2) is 0 Å². The van der Waals surface area contributed by atoms with Crippen molar-refractivity contribution in [2.45, 2.75) is 117 Å². The summed E-state index contributed by atoms with van der Waals surface area (Å²) in [5.41, 5.74) is 0.483. The number of carbonyl (C=O) groups excluding carboxylic acids is 2. The quantitative estimate of drug-likeness (QED) is 0.455. The number of aliphatic carboxylic acids is 1. The van der Waals surface area contributed by atoms with Gasteiger partial charge < -0.3 is 19.8 Å². The number of hydrogen-bond donors (Lipinski definition) is 2. The highest BCUT2D eigenvalue weighted by Crippen LogP contribution is 2.76. The predicted molar refractivity (Wildman–Crippen MR) is 147 cm³/mol. The molecular formula is C32H51NO6. The molecule has 1 amide bonds. The maximum atomic E-state index is 13.6. The molecule has 0 bridgehead atoms. The number of amides is 1. The van der Waals surface area contributed by atoms with Crippen LogP contribution in [-0.4, -0.2) is 59.3 Å². The lowest BCUT2D eigenvalue weighted by Crippen LogP contribution is -2.66. The molecule has 5 rings (SSSR count). The highest BCUT2D eigenvalue weighted by molar-refractivity contribution is 5.83. The van der Waals surface area contributed by atoms with E-state index in [0.717, 1.165) is 38.5 Å². The van der Waals surface area contributed by atoms with Crippen LogP contribution in [0.3, 0.4) is 0 Å². The molecule has 39 heavy (non-hydrogen) atoms. The van der Waals surface area contributed by atoms with E-state index >= 15 is 0 Å². The fraction of sp³-hybridized carbons (Fsp3) is 0.906. The van der Waals surface area contributed by atoms with Crippen molar-refractivity contribution in [2.24, 2.45) is 51.2 Å². The number of aliphatic hydroxyl groups is 1. The molecule has 7 nitrogen and oxygen atoms in total. The normalized spacial score (nSPS) is 47.6. The van der Waals surface area contributed by atoms with Gasteiger partial charge in [0, 0.05) is 14.1 Å². The molecule has 0 aromatic rings. The first-order valence-electron chi connectivity index (χ1n) is 15.5. The molecule has 0 saturated heterocycles. The van der Waals surface area contributed by atoms with Gasteiger partial charge in [-0.25, -0.2) is 4.79 Å². The number of nitrogens with zero attached hydrogens (tertiary/aromatic N) is 1. The molecule has 7 heteroatoms. The first kappa shape index (κ1) is 28.9. The second-order valence-electron chi connectivity index (χ2n) is 15.1. The summed E-state index contributed by atoms with van der Waals surface area (Å²) in [5, 5.41) is 18.6. The van der Waals surface area contributed by atoms with E-state index in [2.05, 4.69) is 27.7 Å². The molecule has 0 aliphatic heterocycles. The molecule has 11 atom stereocenters. The summed E-state index contributed by atoms with van der Waals surface area (Å²) in [6, 6.07) is 0. The number of fused-ring (bicyclic) bond motifs is 7. The van der Waals surface area contributed by atoms with Gasteiger partial charge in [0.25, 0.3) is 0 Å². The van der Waals surface area contributed by atoms with Crippen LogP contribution in [0.5, 0.6) is 0 Å². The third-order valence-electron chi connectivity index (χ3n) is 13.6. The molecule has 2 N–H and O–H groups in total. The van der Waals surface area contributed by atoms with Gasteiger partial charge in [0.05, 0.1) is 11.8 Å². The van der Waals surface area contributed by atoms with Crippen molar-refractivity contribution in [1.82, 2.24) is 4.90 Å². The van der Waals surface area contributed by atoms with Crippen LogP contribution >= 0.6 is 0 Å². The zero-order chi connectivity index (χ0) is 28.5. The number of carboxylic acids is 1. The lowest BCUT2D eigenvalue weighted by atomic mass is 9.33. The van der Waals surface area contributed by atoms with Gasteiger partial charge in [-0.2, -0.15) is 0 Å². The minimum absolute atomic E-state index is 0.150. The summed E-state index contributed by atoms with van der Waals surface area (Å²) in [6.07, 6.45) is 9.69. The summed E-state index contributed by atoms with van der Waals surface area (Å²) < 4.78 is 5.79. The molecule has 0 heterocycles. The maximum Gasteiger partial charge on any atom is 0.333 e. The van der Waals surface area contributed by atoms with Crippen molar-refractivity contribution in [2.75, 3.05) is 14.1 Å². The Morgan fingerprint density at radius 2 is 1.59 bits per heavy atom. The van der Waals surface area contributed by atoms with E-state index in [1.54, 1.807) is 0 Å². The molecule has 5 fully saturated rings. The van der Waals surface area contributed by atoms with Gasteiger partial charge >= 0.3 is 11.9 Å². The van der Waals surface area contributed by atoms with Gasteiger partial charge in [-0.1, -0.05) is 34.1 Å². The van der Waals surface area contributed by atoms with Crippen LogP contribution in [-0.2, 0) is 19.1 Å². The Morgan fingerprint density at radius 1 is 0.872 bits per heavy atom. The Hall–Kier alpha value is -1.63. The van der Waals surface area contributed by atoms with Crippen LogP contribution in [0.25, 0.3) is 0 Å². The summed E-state index contributed by atoms with van der Waals surface area (Å²) in [6.45, 7) is 9.89. The van der Waals surface area contributed by atoms with E-state index in [1.165, 1.54) is 32.1 Å². The summed E-state index contributed by atoms with van der Waals surface area (Å²) in [5.74, 6) is 0.736. The largest absolute Gasteiger partial charge is 0.479 e. The van der Waals surface area contributed by atoms with E-state index in [1.807, 2.05) is 19.0 Å². The number of carbonyl (C=O) groups is 3. The van der Waals surface area contributed by atoms with Gasteiger partial charge in [-0.15, -0.1) is 0 Å². The third kappa shape index (κ3) is 4.10. The molecule has 0 aromatic heterocycles. The van der Waals surface area contributed by atoms with Crippen molar-refractivity contribution in [3.63, 3.8) is 0 Å². The second kappa shape index (κ2) is 9.73. The van der Waals surface area contributed by atoms with Crippen LogP contribution in [0.4, 0.5) is 0 Å². The second-order valence-corrected chi connectivity index (χ2v) is 15.1. The van der Waals surface area contributed by atoms with Gasteiger partial charge in [0.15, 0.2) is 6.10 Å². The molecule has 0 aromatic carbocycles. The van der Waals surface area contributed by atoms with Gasteiger partial charge in [-0.3, -0.25) is 9.59 Å². The van der Waals surface area contributed by atoms with Gasteiger partial charge in [0.2, 0.25) is 5.91 Å². The molecule has 5 saturated carbocycles. The van der Waals surface area contributed by atoms with Crippen LogP contribution < -0.4 is 0 Å². The Labute approximate surface area is 234 Å². The summed E-state index contributed by atoms with van der Waals surface area (Å²) in [7, 11) is 3.87. The highest BCUT2D eigenvalue weighted by atomic mass is 16.5. The summed E-state index contributed by atoms with van der Waals surface area (Å²) >= 11 is 0. The van der Waals surface area contributed by atoms with E-state index < -0.39 is 24.5 Å². The Bertz CT molecular complexity index is 1010. The minimum Gasteiger partial charge on any atom is -0.479 e. The fourth-order valence-electron chi connectivity index (χ4n) is 11.6. The molecule has 220 valence electrons. The van der Waals surface area contributed by atoms with Crippen molar-refractivity contribution in [3.8, 4) is 0 Å². The van der Waals surface area contributed by atoms with Gasteiger partial charge in [-0.05, 0) is 110 Å². The number of carboxylic acid groups (broad SMARTS) is 1. The Morgan fingerprint density at radius 3 is 2.26 bits per heavy atom. The molecule has 5 aliphatic rings. The Kier molecular flexibility index (Phi) is 7.21. The number of esters is 1. The van der Waals surface area contributed by atoms with E-state index in [-0.39, 0.29) is 33.7 Å². The predicted octanol–water partition coefficient (Wildman–Crippen LogP) is 5.29. The van der Waals surface area contributed by atoms with Crippen LogP contribution in [0.2, 0.25) is 0 Å². The summed E-state index contributed by atoms with van der Waals surface area (Å²) in [4.78, 5) is 38.8. The molecule has 0 spiro atoms. The molecular weight excluding hydrogens is 494 g/mol. The number of aliphatic hydroxyl groups excluding tert-OH is 1. The average Bonchev–Trinajstić information content (AvgIpc) is 3.31. The van der Waals surface area contributed by atoms with Crippen LogP contribution in [0.1, 0.15) is 105 Å². The lowest BCUT2D eigenvalue weighted by Gasteiger charge is -2.71. The van der Waals surface area contributed by atoms with E-state index in [0.29, 0.717) is 29.6 Å². The first-order chi connectivity index (χ1) is 18.2. The van der Waals surface area contributed by atoms with Gasteiger partial charge in [0.1, 0.15) is 6.10 Å². The topological polar surface area (TPSA) is 104 Å². The first-order valence-corrected chi connectivity index (χ1v) is 15.5. The monoisotopic (exact) mass is 545 g/mol. The zero-order valence-corrected chi connectivity index (χ0v) is 25.0. The number of rotatable bonds is 5. The van der Waals surface area contributed by atoms with Crippen molar-refractivity contribution >= 4 is 17.8 Å².